The van der Waals surface area contributed by atoms with E-state index in [4.69, 9.17) is 5.73 Å². The van der Waals surface area contributed by atoms with E-state index in [-0.39, 0.29) is 11.6 Å². The van der Waals surface area contributed by atoms with Gasteiger partial charge < -0.3 is 16.0 Å². The molecule has 4 N–H and O–H groups in total. The zero-order chi connectivity index (χ0) is 12.1. The molecule has 1 aliphatic carbocycles. The molecule has 0 radical (unpaired) electrons. The van der Waals surface area contributed by atoms with Crippen LogP contribution in [0, 0.1) is 5.92 Å². The van der Waals surface area contributed by atoms with E-state index >= 15 is 0 Å². The minimum Gasteiger partial charge on any atom is -0.361 e. The predicted octanol–water partition coefficient (Wildman–Crippen LogP) is 1.09. The Morgan fingerprint density at radius 1 is 1.47 bits per heavy atom. The predicted molar refractivity (Wildman–Crippen MR) is 67.9 cm³/mol. The van der Waals surface area contributed by atoms with Gasteiger partial charge in [0.05, 0.1) is 0 Å². The fourth-order valence-corrected chi connectivity index (χ4v) is 2.54. The lowest BCUT2D eigenvalue weighted by Crippen LogP contribution is -2.39. The summed E-state index contributed by atoms with van der Waals surface area (Å²) in [5.41, 5.74) is 5.62. The molecular formula is C12H20N4O. The van der Waals surface area contributed by atoms with Gasteiger partial charge in [0, 0.05) is 25.0 Å². The number of aromatic nitrogens is 2. The van der Waals surface area contributed by atoms with Crippen LogP contribution in [-0.4, -0.2) is 22.6 Å². The summed E-state index contributed by atoms with van der Waals surface area (Å²) in [6, 6.07) is 0.159. The monoisotopic (exact) mass is 236 g/mol. The zero-order valence-electron chi connectivity index (χ0n) is 9.98. The van der Waals surface area contributed by atoms with Gasteiger partial charge in [-0.1, -0.05) is 19.3 Å². The quantitative estimate of drug-likeness (QED) is 0.730. The van der Waals surface area contributed by atoms with Gasteiger partial charge in [-0.2, -0.15) is 0 Å². The highest BCUT2D eigenvalue weighted by Crippen LogP contribution is 2.27. The Kier molecular flexibility index (Phi) is 4.14. The number of nitrogens with zero attached hydrogens (tertiary/aromatic N) is 1. The van der Waals surface area contributed by atoms with Crippen LogP contribution in [0.4, 0.5) is 5.82 Å². The largest absolute Gasteiger partial charge is 0.361 e. The van der Waals surface area contributed by atoms with Gasteiger partial charge in [-0.15, -0.1) is 0 Å². The van der Waals surface area contributed by atoms with Crippen molar-refractivity contribution in [2.45, 2.75) is 38.1 Å². The first-order valence-corrected chi connectivity index (χ1v) is 6.31. The first-order valence-electron chi connectivity index (χ1n) is 6.31. The Morgan fingerprint density at radius 3 is 2.88 bits per heavy atom. The number of nitrogens with one attached hydrogen (secondary N) is 2. The molecule has 94 valence electrons. The van der Waals surface area contributed by atoms with E-state index in [1.807, 2.05) is 0 Å². The third-order valence-corrected chi connectivity index (χ3v) is 3.50. The Hall–Kier alpha value is -1.36. The third-order valence-electron chi connectivity index (χ3n) is 3.50. The second-order valence-corrected chi connectivity index (χ2v) is 4.65. The van der Waals surface area contributed by atoms with Crippen molar-refractivity contribution >= 4 is 5.82 Å². The summed E-state index contributed by atoms with van der Waals surface area (Å²) >= 11 is 0. The molecule has 0 aromatic carbocycles. The lowest BCUT2D eigenvalue weighted by Gasteiger charge is -2.30. The molecule has 1 aromatic heterocycles. The molecular weight excluding hydrogens is 216 g/mol. The maximum atomic E-state index is 11.5. The number of anilines is 1. The van der Waals surface area contributed by atoms with Gasteiger partial charge in [-0.3, -0.25) is 4.79 Å². The topological polar surface area (TPSA) is 83.8 Å². The van der Waals surface area contributed by atoms with Crippen LogP contribution in [-0.2, 0) is 0 Å². The van der Waals surface area contributed by atoms with Gasteiger partial charge in [-0.05, 0) is 18.8 Å². The van der Waals surface area contributed by atoms with Gasteiger partial charge >= 0.3 is 0 Å². The SMILES string of the molecule is NCC(Nc1ncc[nH]c1=O)C1CCCCC1. The Morgan fingerprint density at radius 2 is 2.24 bits per heavy atom. The van der Waals surface area contributed by atoms with E-state index < -0.39 is 0 Å². The van der Waals surface area contributed by atoms with Crippen LogP contribution in [0.3, 0.4) is 0 Å². The van der Waals surface area contributed by atoms with Crippen LogP contribution in [0.2, 0.25) is 0 Å². The first-order chi connectivity index (χ1) is 8.31. The van der Waals surface area contributed by atoms with Crippen molar-refractivity contribution in [2.24, 2.45) is 11.7 Å². The number of aromatic amines is 1. The molecule has 5 heteroatoms. The summed E-state index contributed by atoms with van der Waals surface area (Å²) < 4.78 is 0. The van der Waals surface area contributed by atoms with Gasteiger partial charge in [0.15, 0.2) is 5.82 Å². The molecule has 17 heavy (non-hydrogen) atoms. The van der Waals surface area contributed by atoms with Crippen LogP contribution in [0.1, 0.15) is 32.1 Å². The normalized spacial score (nSPS) is 18.9. The van der Waals surface area contributed by atoms with E-state index in [0.29, 0.717) is 18.3 Å². The highest BCUT2D eigenvalue weighted by molar-refractivity contribution is 5.32. The van der Waals surface area contributed by atoms with Gasteiger partial charge in [0.25, 0.3) is 5.56 Å². The average Bonchev–Trinajstić information content (AvgIpc) is 2.39. The molecule has 1 unspecified atom stereocenters. The van der Waals surface area contributed by atoms with E-state index in [1.165, 1.54) is 38.3 Å². The van der Waals surface area contributed by atoms with Crippen molar-refractivity contribution in [3.8, 4) is 0 Å². The minimum atomic E-state index is -0.179. The fourth-order valence-electron chi connectivity index (χ4n) is 2.54. The van der Waals surface area contributed by atoms with Crippen molar-refractivity contribution in [3.63, 3.8) is 0 Å². The van der Waals surface area contributed by atoms with E-state index in [1.54, 1.807) is 6.20 Å². The standard InChI is InChI=1S/C12H20N4O/c13-8-10(9-4-2-1-3-5-9)16-11-12(17)15-7-6-14-11/h6-7,9-10H,1-5,8,13H2,(H,14,16)(H,15,17). The lowest BCUT2D eigenvalue weighted by atomic mass is 9.84. The van der Waals surface area contributed by atoms with Crippen LogP contribution < -0.4 is 16.6 Å². The maximum Gasteiger partial charge on any atom is 0.290 e. The molecule has 1 heterocycles. The summed E-state index contributed by atoms with van der Waals surface area (Å²) in [6.45, 7) is 0.542. The minimum absolute atomic E-state index is 0.159. The zero-order valence-corrected chi connectivity index (χ0v) is 9.98. The smallest absolute Gasteiger partial charge is 0.290 e. The maximum absolute atomic E-state index is 11.5. The van der Waals surface area contributed by atoms with E-state index in [2.05, 4.69) is 15.3 Å². The Bertz CT molecular complexity index is 397. The molecule has 0 saturated heterocycles. The van der Waals surface area contributed by atoms with Crippen molar-refractivity contribution < 1.29 is 0 Å². The van der Waals surface area contributed by atoms with Crippen LogP contribution >= 0.6 is 0 Å². The van der Waals surface area contributed by atoms with Gasteiger partial charge in [0.1, 0.15) is 0 Å². The van der Waals surface area contributed by atoms with Crippen molar-refractivity contribution in [3.05, 3.63) is 22.7 Å². The van der Waals surface area contributed by atoms with E-state index in [0.717, 1.165) is 0 Å². The van der Waals surface area contributed by atoms with E-state index in [9.17, 15) is 4.79 Å². The van der Waals surface area contributed by atoms with Gasteiger partial charge in [0.2, 0.25) is 0 Å². The summed E-state index contributed by atoms with van der Waals surface area (Å²) in [7, 11) is 0. The molecule has 5 nitrogen and oxygen atoms in total. The molecule has 0 amide bonds. The summed E-state index contributed by atoms with van der Waals surface area (Å²) in [5.74, 6) is 0.948. The first kappa shape index (κ1) is 12.1. The number of hydrogen-bond acceptors (Lipinski definition) is 4. The number of hydrogen-bond donors (Lipinski definition) is 3. The van der Waals surface area contributed by atoms with Gasteiger partial charge in [-0.25, -0.2) is 4.98 Å². The fraction of sp³-hybridized carbons (Fsp3) is 0.667. The highest BCUT2D eigenvalue weighted by atomic mass is 16.1. The second-order valence-electron chi connectivity index (χ2n) is 4.65. The van der Waals surface area contributed by atoms with Crippen molar-refractivity contribution in [1.29, 1.82) is 0 Å². The molecule has 2 rings (SSSR count). The number of H-pyrrole nitrogens is 1. The molecule has 1 aromatic rings. The van der Waals surface area contributed by atoms with Crippen molar-refractivity contribution in [1.82, 2.24) is 9.97 Å². The third kappa shape index (κ3) is 3.06. The molecule has 1 saturated carbocycles. The molecule has 0 spiro atoms. The molecule has 0 aliphatic heterocycles. The van der Waals surface area contributed by atoms with Crippen LogP contribution in [0.15, 0.2) is 17.2 Å². The number of rotatable bonds is 4. The second kappa shape index (κ2) is 5.82. The lowest BCUT2D eigenvalue weighted by molar-refractivity contribution is 0.320. The average molecular weight is 236 g/mol. The molecule has 1 atom stereocenters. The summed E-state index contributed by atoms with van der Waals surface area (Å²) in [6.07, 6.45) is 9.35. The summed E-state index contributed by atoms with van der Waals surface area (Å²) in [5, 5.41) is 3.19. The molecule has 0 bridgehead atoms. The molecule has 1 aliphatic rings. The summed E-state index contributed by atoms with van der Waals surface area (Å²) in [4.78, 5) is 18.2. The molecule has 1 fully saturated rings. The van der Waals surface area contributed by atoms with Crippen LogP contribution in [0.25, 0.3) is 0 Å². The number of nitrogens with two attached hydrogens (primary N) is 1. The Balaban J connectivity index is 2.04. The van der Waals surface area contributed by atoms with Crippen molar-refractivity contribution in [2.75, 3.05) is 11.9 Å². The van der Waals surface area contributed by atoms with Crippen LogP contribution in [0.5, 0.6) is 0 Å². The highest BCUT2D eigenvalue weighted by Gasteiger charge is 2.23. The Labute approximate surface area is 101 Å².